The minimum Gasteiger partial charge on any atom is -0.327 e. The number of aryl methyl sites for hydroxylation is 1. The van der Waals surface area contributed by atoms with Crippen molar-refractivity contribution >= 4 is 22.6 Å². The summed E-state index contributed by atoms with van der Waals surface area (Å²) in [5.41, 5.74) is 0.787. The third-order valence-corrected chi connectivity index (χ3v) is 3.30. The van der Waals surface area contributed by atoms with Gasteiger partial charge in [0.2, 0.25) is 0 Å². The van der Waals surface area contributed by atoms with Crippen LogP contribution in [0, 0.1) is 17.0 Å². The molecule has 0 aliphatic carbocycles. The molecular weight excluding hydrogens is 270 g/mol. The zero-order valence-corrected chi connectivity index (χ0v) is 12.1. The van der Waals surface area contributed by atoms with E-state index in [1.54, 1.807) is 4.57 Å². The van der Waals surface area contributed by atoms with Crippen LogP contribution in [-0.2, 0) is 12.4 Å². The van der Waals surface area contributed by atoms with Crippen LogP contribution in [0.3, 0.4) is 0 Å². The van der Waals surface area contributed by atoms with E-state index >= 15 is 0 Å². The van der Waals surface area contributed by atoms with E-state index in [9.17, 15) is 8.78 Å². The van der Waals surface area contributed by atoms with E-state index in [2.05, 4.69) is 25.8 Å². The van der Waals surface area contributed by atoms with Crippen molar-refractivity contribution in [2.45, 2.75) is 39.6 Å². The molecule has 0 atom stereocenters. The van der Waals surface area contributed by atoms with Gasteiger partial charge in [0.25, 0.3) is 0 Å². The van der Waals surface area contributed by atoms with Crippen LogP contribution in [0.25, 0.3) is 11.0 Å². The van der Waals surface area contributed by atoms with Gasteiger partial charge in [-0.15, -0.1) is 11.6 Å². The summed E-state index contributed by atoms with van der Waals surface area (Å²) in [6.07, 6.45) is 0.875. The van der Waals surface area contributed by atoms with E-state index < -0.39 is 11.6 Å². The van der Waals surface area contributed by atoms with Gasteiger partial charge < -0.3 is 4.57 Å². The van der Waals surface area contributed by atoms with Gasteiger partial charge in [-0.1, -0.05) is 20.8 Å². The minimum absolute atomic E-state index is 0.131. The summed E-state index contributed by atoms with van der Waals surface area (Å²) in [7, 11) is 0. The lowest BCUT2D eigenvalue weighted by Crippen LogP contribution is -2.12. The van der Waals surface area contributed by atoms with Gasteiger partial charge in [-0.05, 0) is 17.9 Å². The van der Waals surface area contributed by atoms with Crippen LogP contribution >= 0.6 is 11.6 Å². The monoisotopic (exact) mass is 286 g/mol. The molecule has 2 nitrogen and oxygen atoms in total. The van der Waals surface area contributed by atoms with Crippen LogP contribution in [0.1, 0.15) is 33.0 Å². The van der Waals surface area contributed by atoms with E-state index in [4.69, 9.17) is 11.6 Å². The largest absolute Gasteiger partial charge is 0.327 e. The Hall–Kier alpha value is -1.16. The van der Waals surface area contributed by atoms with Gasteiger partial charge in [-0.25, -0.2) is 13.8 Å². The number of halogens is 3. The second-order valence-electron chi connectivity index (χ2n) is 5.88. The van der Waals surface area contributed by atoms with Gasteiger partial charge in [0.1, 0.15) is 17.2 Å². The van der Waals surface area contributed by atoms with Crippen LogP contribution in [-0.4, -0.2) is 9.55 Å². The Balaban J connectivity index is 2.51. The molecule has 1 aromatic heterocycles. The van der Waals surface area contributed by atoms with Gasteiger partial charge in [0, 0.05) is 12.6 Å². The lowest BCUT2D eigenvalue weighted by atomic mass is 9.92. The molecule has 0 fully saturated rings. The first-order valence-corrected chi connectivity index (χ1v) is 6.75. The Morgan fingerprint density at radius 1 is 1.26 bits per heavy atom. The zero-order chi connectivity index (χ0) is 14.2. The first-order chi connectivity index (χ1) is 8.81. The number of alkyl halides is 1. The van der Waals surface area contributed by atoms with E-state index in [1.807, 2.05) is 0 Å². The summed E-state index contributed by atoms with van der Waals surface area (Å²) in [5.74, 6) is -0.482. The molecule has 19 heavy (non-hydrogen) atoms. The molecule has 0 unspecified atom stereocenters. The lowest BCUT2D eigenvalue weighted by Gasteiger charge is -2.19. The average molecular weight is 287 g/mol. The topological polar surface area (TPSA) is 17.8 Å². The van der Waals surface area contributed by atoms with Gasteiger partial charge in [0.15, 0.2) is 5.82 Å². The maximum Gasteiger partial charge on any atom is 0.153 e. The molecule has 1 aromatic carbocycles. The van der Waals surface area contributed by atoms with E-state index in [-0.39, 0.29) is 16.8 Å². The normalized spacial score (nSPS) is 12.3. The Morgan fingerprint density at radius 2 is 1.95 bits per heavy atom. The van der Waals surface area contributed by atoms with Gasteiger partial charge in [-0.3, -0.25) is 0 Å². The van der Waals surface area contributed by atoms with E-state index in [0.717, 1.165) is 12.5 Å². The molecule has 1 heterocycles. The lowest BCUT2D eigenvalue weighted by molar-refractivity contribution is 0.351. The van der Waals surface area contributed by atoms with Crippen LogP contribution < -0.4 is 0 Å². The first-order valence-electron chi connectivity index (χ1n) is 6.22. The summed E-state index contributed by atoms with van der Waals surface area (Å²) >= 11 is 5.85. The van der Waals surface area contributed by atoms with Crippen molar-refractivity contribution in [3.8, 4) is 0 Å². The molecule has 0 aliphatic rings. The van der Waals surface area contributed by atoms with Gasteiger partial charge in [-0.2, -0.15) is 0 Å². The van der Waals surface area contributed by atoms with Crippen molar-refractivity contribution < 1.29 is 8.78 Å². The summed E-state index contributed by atoms with van der Waals surface area (Å²) < 4.78 is 28.8. The van der Waals surface area contributed by atoms with Gasteiger partial charge in [0.05, 0.1) is 11.4 Å². The Kier molecular flexibility index (Phi) is 3.81. The van der Waals surface area contributed by atoms with Crippen molar-refractivity contribution in [3.63, 3.8) is 0 Å². The smallest absolute Gasteiger partial charge is 0.153 e. The molecule has 0 aliphatic heterocycles. The molecule has 104 valence electrons. The molecule has 0 spiro atoms. The molecule has 5 heteroatoms. The summed E-state index contributed by atoms with van der Waals surface area (Å²) in [4.78, 5) is 4.16. The quantitative estimate of drug-likeness (QED) is 0.760. The van der Waals surface area contributed by atoms with Crippen molar-refractivity contribution in [2.24, 2.45) is 5.41 Å². The summed E-state index contributed by atoms with van der Waals surface area (Å²) in [6, 6.07) is 2.16. The number of aromatic nitrogens is 2. The fraction of sp³-hybridized carbons (Fsp3) is 0.500. The fourth-order valence-corrected chi connectivity index (χ4v) is 2.20. The van der Waals surface area contributed by atoms with E-state index in [0.29, 0.717) is 17.9 Å². The second-order valence-corrected chi connectivity index (χ2v) is 6.15. The number of benzene rings is 1. The van der Waals surface area contributed by atoms with Crippen molar-refractivity contribution in [3.05, 3.63) is 29.6 Å². The second kappa shape index (κ2) is 5.08. The maximum absolute atomic E-state index is 13.7. The number of rotatable bonds is 3. The summed E-state index contributed by atoms with van der Waals surface area (Å²) in [5, 5.41) is 0. The molecule has 0 saturated heterocycles. The standard InChI is InChI=1S/C14H17ClF2N2/c1-14(2,3)4-5-19-11-7-9(16)6-10(17)13(11)18-12(19)8-15/h6-7H,4-5,8H2,1-3H3. The van der Waals surface area contributed by atoms with Crippen molar-refractivity contribution in [1.29, 1.82) is 0 Å². The third kappa shape index (κ3) is 3.06. The van der Waals surface area contributed by atoms with E-state index in [1.165, 1.54) is 6.07 Å². The Morgan fingerprint density at radius 3 is 2.53 bits per heavy atom. The molecular formula is C14H17ClF2N2. The molecule has 2 aromatic rings. The SMILES string of the molecule is CC(C)(C)CCn1c(CCl)nc2c(F)cc(F)cc21. The fourth-order valence-electron chi connectivity index (χ4n) is 2.00. The molecule has 2 rings (SSSR count). The number of fused-ring (bicyclic) bond motifs is 1. The summed E-state index contributed by atoms with van der Waals surface area (Å²) in [6.45, 7) is 7.00. The predicted octanol–water partition coefficient (Wildman–Crippen LogP) is 4.49. The Labute approximate surface area is 116 Å². The highest BCUT2D eigenvalue weighted by Gasteiger charge is 2.17. The highest BCUT2D eigenvalue weighted by Crippen LogP contribution is 2.25. The molecule has 0 amide bonds. The van der Waals surface area contributed by atoms with Crippen molar-refractivity contribution in [1.82, 2.24) is 9.55 Å². The first kappa shape index (κ1) is 14.3. The van der Waals surface area contributed by atoms with Gasteiger partial charge >= 0.3 is 0 Å². The molecule has 0 radical (unpaired) electrons. The van der Waals surface area contributed by atoms with Crippen molar-refractivity contribution in [2.75, 3.05) is 0 Å². The zero-order valence-electron chi connectivity index (χ0n) is 11.3. The number of imidazole rings is 1. The van der Waals surface area contributed by atoms with Crippen LogP contribution in [0.4, 0.5) is 8.78 Å². The predicted molar refractivity (Wildman–Crippen MR) is 73.3 cm³/mol. The molecule has 0 saturated carbocycles. The van der Waals surface area contributed by atoms with Crippen LogP contribution in [0.2, 0.25) is 0 Å². The molecule has 0 N–H and O–H groups in total. The number of hydrogen-bond donors (Lipinski definition) is 0. The number of nitrogens with zero attached hydrogens (tertiary/aromatic N) is 2. The van der Waals surface area contributed by atoms with Crippen LogP contribution in [0.5, 0.6) is 0 Å². The third-order valence-electron chi connectivity index (χ3n) is 3.06. The average Bonchev–Trinajstić information content (AvgIpc) is 2.63. The maximum atomic E-state index is 13.7. The van der Waals surface area contributed by atoms with Crippen LogP contribution in [0.15, 0.2) is 12.1 Å². The minimum atomic E-state index is -0.643. The Bertz CT molecular complexity index is 599. The molecule has 0 bridgehead atoms. The number of hydrogen-bond acceptors (Lipinski definition) is 1. The highest BCUT2D eigenvalue weighted by molar-refractivity contribution is 6.16. The highest BCUT2D eigenvalue weighted by atomic mass is 35.5.